The largest absolute Gasteiger partial charge is 0.355 e. The Hall–Kier alpha value is -1.81. The summed E-state index contributed by atoms with van der Waals surface area (Å²) >= 11 is 0. The summed E-state index contributed by atoms with van der Waals surface area (Å²) in [5, 5.41) is 7.52. The average molecular weight is 287 g/mol. The predicted octanol–water partition coefficient (Wildman–Crippen LogP) is 2.67. The minimum atomic E-state index is 0.0826. The quantitative estimate of drug-likeness (QED) is 0.733. The first-order chi connectivity index (χ1) is 10.3. The summed E-state index contributed by atoms with van der Waals surface area (Å²) in [6.45, 7) is 7.14. The van der Waals surface area contributed by atoms with Crippen molar-refractivity contribution in [3.63, 3.8) is 0 Å². The summed E-state index contributed by atoms with van der Waals surface area (Å²) in [7, 11) is 0. The summed E-state index contributed by atoms with van der Waals surface area (Å²) in [5.41, 5.74) is 2.39. The van der Waals surface area contributed by atoms with Gasteiger partial charge in [-0.3, -0.25) is 4.79 Å². The molecule has 21 heavy (non-hydrogen) atoms. The standard InChI is InChI=1S/C17H25N3O/c1-3-5-10-19-16(21)13-20-11-9-14-7-6-8-15(17(14)20)12-18-4-2/h6-9,11,18H,3-5,10,12-13H2,1-2H3,(H,19,21). The molecule has 2 rings (SSSR count). The lowest BCUT2D eigenvalue weighted by molar-refractivity contribution is -0.121. The molecule has 0 bridgehead atoms. The number of aromatic nitrogens is 1. The van der Waals surface area contributed by atoms with Crippen molar-refractivity contribution < 1.29 is 4.79 Å². The molecule has 4 nitrogen and oxygen atoms in total. The molecule has 1 aromatic heterocycles. The Morgan fingerprint density at radius 3 is 2.86 bits per heavy atom. The number of hydrogen-bond acceptors (Lipinski definition) is 2. The van der Waals surface area contributed by atoms with Crippen molar-refractivity contribution in [2.24, 2.45) is 0 Å². The van der Waals surface area contributed by atoms with Gasteiger partial charge in [0.25, 0.3) is 0 Å². The van der Waals surface area contributed by atoms with E-state index in [0.717, 1.165) is 38.0 Å². The molecule has 0 aliphatic carbocycles. The normalized spacial score (nSPS) is 11.0. The van der Waals surface area contributed by atoms with Crippen LogP contribution in [0.15, 0.2) is 30.5 Å². The molecule has 0 radical (unpaired) electrons. The number of fused-ring (bicyclic) bond motifs is 1. The van der Waals surface area contributed by atoms with E-state index in [1.807, 2.05) is 10.8 Å². The van der Waals surface area contributed by atoms with Crippen LogP contribution in [0.25, 0.3) is 10.9 Å². The topological polar surface area (TPSA) is 46.1 Å². The molecule has 0 fully saturated rings. The fraction of sp³-hybridized carbons (Fsp3) is 0.471. The van der Waals surface area contributed by atoms with Crippen LogP contribution in [0.2, 0.25) is 0 Å². The number of carbonyl (C=O) groups is 1. The van der Waals surface area contributed by atoms with Crippen LogP contribution < -0.4 is 10.6 Å². The van der Waals surface area contributed by atoms with Crippen molar-refractivity contribution in [2.45, 2.75) is 39.8 Å². The van der Waals surface area contributed by atoms with Gasteiger partial charge in [0.05, 0.1) is 5.52 Å². The van der Waals surface area contributed by atoms with Gasteiger partial charge in [-0.05, 0) is 30.0 Å². The molecule has 0 atom stereocenters. The van der Waals surface area contributed by atoms with Gasteiger partial charge in [0.15, 0.2) is 0 Å². The van der Waals surface area contributed by atoms with Crippen molar-refractivity contribution in [1.82, 2.24) is 15.2 Å². The van der Waals surface area contributed by atoms with Gasteiger partial charge >= 0.3 is 0 Å². The lowest BCUT2D eigenvalue weighted by Crippen LogP contribution is -2.28. The van der Waals surface area contributed by atoms with Gasteiger partial charge in [-0.25, -0.2) is 0 Å². The van der Waals surface area contributed by atoms with Gasteiger partial charge in [0, 0.05) is 19.3 Å². The maximum atomic E-state index is 12.0. The van der Waals surface area contributed by atoms with E-state index < -0.39 is 0 Å². The number of nitrogens with zero attached hydrogens (tertiary/aromatic N) is 1. The van der Waals surface area contributed by atoms with E-state index in [4.69, 9.17) is 0 Å². The van der Waals surface area contributed by atoms with Gasteiger partial charge in [0.1, 0.15) is 6.54 Å². The second-order valence-corrected chi connectivity index (χ2v) is 5.28. The van der Waals surface area contributed by atoms with E-state index >= 15 is 0 Å². The second kappa shape index (κ2) is 7.84. The maximum Gasteiger partial charge on any atom is 0.239 e. The number of benzene rings is 1. The van der Waals surface area contributed by atoms with Crippen LogP contribution in [0.4, 0.5) is 0 Å². The zero-order chi connectivity index (χ0) is 15.1. The number of unbranched alkanes of at least 4 members (excludes halogenated alkanes) is 1. The van der Waals surface area contributed by atoms with E-state index in [1.165, 1.54) is 10.9 Å². The Morgan fingerprint density at radius 2 is 2.10 bits per heavy atom. The summed E-state index contributed by atoms with van der Waals surface area (Å²) in [4.78, 5) is 12.0. The average Bonchev–Trinajstić information content (AvgIpc) is 2.89. The zero-order valence-corrected chi connectivity index (χ0v) is 13.0. The summed E-state index contributed by atoms with van der Waals surface area (Å²) < 4.78 is 2.04. The van der Waals surface area contributed by atoms with E-state index in [-0.39, 0.29) is 5.91 Å². The smallest absolute Gasteiger partial charge is 0.239 e. The molecule has 0 spiro atoms. The van der Waals surface area contributed by atoms with Gasteiger partial charge in [0.2, 0.25) is 5.91 Å². The van der Waals surface area contributed by atoms with E-state index in [1.54, 1.807) is 0 Å². The Morgan fingerprint density at radius 1 is 1.24 bits per heavy atom. The molecule has 2 N–H and O–H groups in total. The molecule has 0 unspecified atom stereocenters. The van der Waals surface area contributed by atoms with Gasteiger partial charge < -0.3 is 15.2 Å². The third-order valence-electron chi connectivity index (χ3n) is 3.60. The van der Waals surface area contributed by atoms with Gasteiger partial charge in [-0.15, -0.1) is 0 Å². The second-order valence-electron chi connectivity index (χ2n) is 5.28. The van der Waals surface area contributed by atoms with Crippen LogP contribution >= 0.6 is 0 Å². The fourth-order valence-electron chi connectivity index (χ4n) is 2.49. The van der Waals surface area contributed by atoms with Crippen molar-refractivity contribution in [3.8, 4) is 0 Å². The monoisotopic (exact) mass is 287 g/mol. The van der Waals surface area contributed by atoms with Crippen molar-refractivity contribution in [2.75, 3.05) is 13.1 Å². The predicted molar refractivity (Wildman–Crippen MR) is 87.2 cm³/mol. The van der Waals surface area contributed by atoms with Crippen LogP contribution in [0, 0.1) is 0 Å². The van der Waals surface area contributed by atoms with E-state index in [9.17, 15) is 4.79 Å². The first-order valence-corrected chi connectivity index (χ1v) is 7.80. The van der Waals surface area contributed by atoms with Crippen LogP contribution in [0.3, 0.4) is 0 Å². The molecule has 0 saturated heterocycles. The van der Waals surface area contributed by atoms with Crippen LogP contribution in [0.5, 0.6) is 0 Å². The van der Waals surface area contributed by atoms with Crippen LogP contribution in [-0.4, -0.2) is 23.6 Å². The van der Waals surface area contributed by atoms with Crippen molar-refractivity contribution in [3.05, 3.63) is 36.0 Å². The number of rotatable bonds is 8. The molecule has 1 aromatic carbocycles. The van der Waals surface area contributed by atoms with Crippen LogP contribution in [-0.2, 0) is 17.9 Å². The summed E-state index contributed by atoms with van der Waals surface area (Å²) in [6.07, 6.45) is 4.13. The molecular formula is C17H25N3O. The highest BCUT2D eigenvalue weighted by Gasteiger charge is 2.09. The molecule has 0 saturated carbocycles. The minimum absolute atomic E-state index is 0.0826. The number of carbonyl (C=O) groups excluding carboxylic acids is 1. The van der Waals surface area contributed by atoms with Crippen molar-refractivity contribution in [1.29, 1.82) is 0 Å². The third kappa shape index (κ3) is 4.08. The van der Waals surface area contributed by atoms with Crippen LogP contribution in [0.1, 0.15) is 32.3 Å². The Labute approximate surface area is 126 Å². The minimum Gasteiger partial charge on any atom is -0.355 e. The molecule has 1 heterocycles. The molecule has 0 aliphatic heterocycles. The highest BCUT2D eigenvalue weighted by atomic mass is 16.1. The number of para-hydroxylation sites is 1. The van der Waals surface area contributed by atoms with Gasteiger partial charge in [-0.2, -0.15) is 0 Å². The molecule has 2 aromatic rings. The third-order valence-corrected chi connectivity index (χ3v) is 3.60. The SMILES string of the molecule is CCCCNC(=O)Cn1ccc2cccc(CNCC)c21. The van der Waals surface area contributed by atoms with E-state index in [2.05, 4.69) is 48.7 Å². The molecular weight excluding hydrogens is 262 g/mol. The maximum absolute atomic E-state index is 12.0. The lowest BCUT2D eigenvalue weighted by atomic mass is 10.1. The number of nitrogens with one attached hydrogen (secondary N) is 2. The summed E-state index contributed by atoms with van der Waals surface area (Å²) in [5.74, 6) is 0.0826. The highest BCUT2D eigenvalue weighted by Crippen LogP contribution is 2.20. The zero-order valence-electron chi connectivity index (χ0n) is 13.0. The Kier molecular flexibility index (Phi) is 5.81. The molecule has 114 valence electrons. The highest BCUT2D eigenvalue weighted by molar-refractivity contribution is 5.85. The number of hydrogen-bond donors (Lipinski definition) is 2. The fourth-order valence-corrected chi connectivity index (χ4v) is 2.49. The number of amides is 1. The molecule has 0 aliphatic rings. The van der Waals surface area contributed by atoms with Gasteiger partial charge in [-0.1, -0.05) is 38.5 Å². The Balaban J connectivity index is 2.14. The first-order valence-electron chi connectivity index (χ1n) is 7.80. The Bertz CT molecular complexity index is 589. The first kappa shape index (κ1) is 15.6. The lowest BCUT2D eigenvalue weighted by Gasteiger charge is -2.10. The molecule has 4 heteroatoms. The van der Waals surface area contributed by atoms with E-state index in [0.29, 0.717) is 6.54 Å². The summed E-state index contributed by atoms with van der Waals surface area (Å²) in [6, 6.07) is 8.36. The van der Waals surface area contributed by atoms with Crippen molar-refractivity contribution >= 4 is 16.8 Å². The molecule has 1 amide bonds.